The van der Waals surface area contributed by atoms with Gasteiger partial charge in [0.05, 0.1) is 16.5 Å². The van der Waals surface area contributed by atoms with Crippen molar-refractivity contribution in [3.63, 3.8) is 0 Å². The van der Waals surface area contributed by atoms with Gasteiger partial charge in [-0.2, -0.15) is 0 Å². The van der Waals surface area contributed by atoms with Crippen LogP contribution >= 0.6 is 11.3 Å². The molecule has 0 fully saturated rings. The normalized spacial score (nSPS) is 14.1. The standard InChI is InChI=1S/C74H45NO2S/c1-4-27-56-54(22-1)70-50(24-17-33-62(70)73(56)58-29-6-10-36-65(58)76-66-37-11-7-30-59(66)73)47-19-15-20-49(45-47)75(48-43-41-46(42-44-48)51-25-16-26-53-52-21-3-14-40-69(52)78-72(51)53)64-35-18-34-63-71(64)55-23-2-5-28-57(55)74(63)60-31-8-12-38-67(60)77-68-39-13-9-32-61(68)74/h1-45H. The molecule has 4 heteroatoms. The summed E-state index contributed by atoms with van der Waals surface area (Å²) in [5.41, 5.74) is 21.3. The van der Waals surface area contributed by atoms with Gasteiger partial charge in [0.1, 0.15) is 23.0 Å². The number of rotatable bonds is 5. The Morgan fingerprint density at radius 3 is 1.37 bits per heavy atom. The van der Waals surface area contributed by atoms with Crippen LogP contribution in [0.5, 0.6) is 23.0 Å². The number of hydrogen-bond acceptors (Lipinski definition) is 4. The number of anilines is 3. The number of benzene rings is 12. The zero-order valence-electron chi connectivity index (χ0n) is 42.2. The average molecular weight is 1010 g/mol. The molecule has 13 aromatic rings. The fourth-order valence-electron chi connectivity index (χ4n) is 14.2. The summed E-state index contributed by atoms with van der Waals surface area (Å²) in [7, 11) is 0. The van der Waals surface area contributed by atoms with Crippen LogP contribution in [0.3, 0.4) is 0 Å². The minimum atomic E-state index is -0.622. The Hall–Kier alpha value is -9.74. The second-order valence-electron chi connectivity index (χ2n) is 20.9. The number of fused-ring (bicyclic) bond motifs is 21. The number of ether oxygens (including phenoxy) is 2. The maximum absolute atomic E-state index is 6.77. The van der Waals surface area contributed by atoms with Crippen LogP contribution in [-0.2, 0) is 10.8 Å². The second-order valence-corrected chi connectivity index (χ2v) is 22.0. The maximum atomic E-state index is 6.77. The van der Waals surface area contributed by atoms with Gasteiger partial charge in [-0.1, -0.05) is 212 Å². The molecule has 4 aliphatic rings. The topological polar surface area (TPSA) is 21.7 Å². The van der Waals surface area contributed by atoms with Gasteiger partial charge in [-0.15, -0.1) is 11.3 Å². The van der Waals surface area contributed by atoms with Crippen molar-refractivity contribution in [2.24, 2.45) is 0 Å². The van der Waals surface area contributed by atoms with E-state index in [1.807, 2.05) is 11.3 Å². The summed E-state index contributed by atoms with van der Waals surface area (Å²) >= 11 is 1.87. The third kappa shape index (κ3) is 5.76. The van der Waals surface area contributed by atoms with Crippen LogP contribution in [0, 0.1) is 0 Å². The van der Waals surface area contributed by atoms with Crippen LogP contribution in [0.25, 0.3) is 64.7 Å². The molecule has 3 nitrogen and oxygen atoms in total. The summed E-state index contributed by atoms with van der Waals surface area (Å²) in [5.74, 6) is 3.54. The lowest BCUT2D eigenvalue weighted by atomic mass is 9.66. The lowest BCUT2D eigenvalue weighted by Gasteiger charge is -2.39. The second kappa shape index (κ2) is 16.4. The largest absolute Gasteiger partial charge is 0.457 e. The zero-order valence-corrected chi connectivity index (χ0v) is 43.0. The molecule has 0 atom stereocenters. The Balaban J connectivity index is 0.900. The van der Waals surface area contributed by atoms with Crippen molar-refractivity contribution < 1.29 is 9.47 Å². The van der Waals surface area contributed by atoms with E-state index in [0.717, 1.165) is 67.9 Å². The molecule has 17 rings (SSSR count). The monoisotopic (exact) mass is 1010 g/mol. The highest BCUT2D eigenvalue weighted by molar-refractivity contribution is 7.26. The van der Waals surface area contributed by atoms with E-state index in [-0.39, 0.29) is 0 Å². The molecule has 0 N–H and O–H groups in total. The van der Waals surface area contributed by atoms with Crippen molar-refractivity contribution in [3.05, 3.63) is 317 Å². The van der Waals surface area contributed by atoms with Crippen LogP contribution in [0.15, 0.2) is 273 Å². The lowest BCUT2D eigenvalue weighted by Crippen LogP contribution is -2.32. The highest BCUT2D eigenvalue weighted by Crippen LogP contribution is 2.66. The first-order chi connectivity index (χ1) is 38.7. The predicted molar refractivity (Wildman–Crippen MR) is 320 cm³/mol. The number of hydrogen-bond donors (Lipinski definition) is 0. The van der Waals surface area contributed by atoms with E-state index in [1.54, 1.807) is 0 Å². The van der Waals surface area contributed by atoms with E-state index in [0.29, 0.717) is 0 Å². The van der Waals surface area contributed by atoms with Crippen LogP contribution in [0.4, 0.5) is 17.1 Å². The maximum Gasteiger partial charge on any atom is 0.132 e. The summed E-state index contributed by atoms with van der Waals surface area (Å²) in [6.07, 6.45) is 0. The molecule has 0 bridgehead atoms. The fraction of sp³-hybridized carbons (Fsp3) is 0.0270. The molecule has 2 aliphatic heterocycles. The van der Waals surface area contributed by atoms with Gasteiger partial charge in [0.25, 0.3) is 0 Å². The molecular formula is C74H45NO2S. The SMILES string of the molecule is c1cc(-c2cccc3c2-c2ccccc2C32c3ccccc3Oc3ccccc32)cc(N(c2ccc(-c3cccc4c3sc3ccccc34)cc2)c2cccc3c2-c2ccccc2C32c3ccccc3Oc3ccccc32)c1. The van der Waals surface area contributed by atoms with Gasteiger partial charge in [-0.25, -0.2) is 0 Å². The average Bonchev–Trinajstić information content (AvgIpc) is 4.29. The molecule has 0 saturated carbocycles. The van der Waals surface area contributed by atoms with Gasteiger partial charge in [0, 0.05) is 59.4 Å². The van der Waals surface area contributed by atoms with Crippen LogP contribution in [-0.4, -0.2) is 0 Å². The first-order valence-corrected chi connectivity index (χ1v) is 27.6. The predicted octanol–water partition coefficient (Wildman–Crippen LogP) is 19.8. The quantitative estimate of drug-likeness (QED) is 0.171. The zero-order chi connectivity index (χ0) is 51.1. The Bertz CT molecular complexity index is 4570. The van der Waals surface area contributed by atoms with Gasteiger partial charge < -0.3 is 14.4 Å². The van der Waals surface area contributed by atoms with Gasteiger partial charge in [0.2, 0.25) is 0 Å². The van der Waals surface area contributed by atoms with E-state index in [4.69, 9.17) is 9.47 Å². The minimum absolute atomic E-state index is 0.575. The van der Waals surface area contributed by atoms with Crippen LogP contribution in [0.1, 0.15) is 44.5 Å². The first-order valence-electron chi connectivity index (χ1n) is 26.8. The third-order valence-electron chi connectivity index (χ3n) is 17.2. The van der Waals surface area contributed by atoms with E-state index in [2.05, 4.69) is 278 Å². The van der Waals surface area contributed by atoms with E-state index in [1.165, 1.54) is 81.4 Å². The van der Waals surface area contributed by atoms with E-state index < -0.39 is 10.8 Å². The molecule has 78 heavy (non-hydrogen) atoms. The van der Waals surface area contributed by atoms with Crippen molar-refractivity contribution in [1.29, 1.82) is 0 Å². The fourth-order valence-corrected chi connectivity index (χ4v) is 15.5. The van der Waals surface area contributed by atoms with Gasteiger partial charge >= 0.3 is 0 Å². The van der Waals surface area contributed by atoms with Gasteiger partial charge in [-0.3, -0.25) is 0 Å². The molecule has 0 radical (unpaired) electrons. The van der Waals surface area contributed by atoms with Crippen molar-refractivity contribution in [2.45, 2.75) is 10.8 Å². The van der Waals surface area contributed by atoms with Gasteiger partial charge in [0.15, 0.2) is 0 Å². The van der Waals surface area contributed by atoms with Crippen molar-refractivity contribution in [3.8, 4) is 67.5 Å². The van der Waals surface area contributed by atoms with Crippen LogP contribution < -0.4 is 14.4 Å². The molecule has 0 saturated heterocycles. The summed E-state index contributed by atoms with van der Waals surface area (Å²) < 4.78 is 16.1. The molecule has 2 spiro atoms. The van der Waals surface area contributed by atoms with Gasteiger partial charge in [-0.05, 0) is 122 Å². The highest BCUT2D eigenvalue weighted by Gasteiger charge is 2.53. The first kappa shape index (κ1) is 43.5. The number of nitrogens with zero attached hydrogens (tertiary/aromatic N) is 1. The van der Waals surface area contributed by atoms with Crippen molar-refractivity contribution in [2.75, 3.05) is 4.90 Å². The molecule has 0 unspecified atom stereocenters. The highest BCUT2D eigenvalue weighted by atomic mass is 32.1. The molecule has 0 amide bonds. The molecule has 1 aromatic heterocycles. The summed E-state index contributed by atoms with van der Waals surface area (Å²) in [5, 5.41) is 2.60. The lowest BCUT2D eigenvalue weighted by molar-refractivity contribution is 0.436. The van der Waals surface area contributed by atoms with Crippen LogP contribution in [0.2, 0.25) is 0 Å². The number of thiophene rings is 1. The summed E-state index contributed by atoms with van der Waals surface area (Å²) in [4.78, 5) is 2.50. The molecule has 12 aromatic carbocycles. The van der Waals surface area contributed by atoms with E-state index in [9.17, 15) is 0 Å². The minimum Gasteiger partial charge on any atom is -0.457 e. The molecule has 2 aliphatic carbocycles. The summed E-state index contributed by atoms with van der Waals surface area (Å²) in [6, 6.07) is 100. The Morgan fingerprint density at radius 2 is 0.744 bits per heavy atom. The van der Waals surface area contributed by atoms with Crippen molar-refractivity contribution >= 4 is 48.6 Å². The smallest absolute Gasteiger partial charge is 0.132 e. The molecule has 3 heterocycles. The molecule has 364 valence electrons. The number of para-hydroxylation sites is 4. The Labute approximate surface area is 456 Å². The molecular weight excluding hydrogens is 967 g/mol. The Kier molecular flexibility index (Phi) is 9.14. The Morgan fingerprint density at radius 1 is 0.295 bits per heavy atom. The van der Waals surface area contributed by atoms with E-state index >= 15 is 0 Å². The summed E-state index contributed by atoms with van der Waals surface area (Å²) in [6.45, 7) is 0. The van der Waals surface area contributed by atoms with Crippen molar-refractivity contribution in [1.82, 2.24) is 0 Å². The third-order valence-corrected chi connectivity index (χ3v) is 18.4.